The number of imidazole rings is 1. The molecule has 2 heterocycles. The van der Waals surface area contributed by atoms with Crippen molar-refractivity contribution in [1.29, 1.82) is 0 Å². The average Bonchev–Trinajstić information content (AvgIpc) is 3.10. The van der Waals surface area contributed by atoms with Gasteiger partial charge in [0.15, 0.2) is 17.0 Å². The molecule has 3 aliphatic carbocycles. The first kappa shape index (κ1) is 20.8. The van der Waals surface area contributed by atoms with E-state index in [1.54, 1.807) is 25.4 Å². The molecule has 2 bridgehead atoms. The number of nitrogen functional groups attached to an aromatic ring is 1. The zero-order valence-corrected chi connectivity index (χ0v) is 19.3. The summed E-state index contributed by atoms with van der Waals surface area (Å²) in [6, 6.07) is 5.83. The van der Waals surface area contributed by atoms with Crippen LogP contribution < -0.4 is 15.2 Å². The number of nitrogens with two attached hydrogens (primary N) is 1. The lowest BCUT2D eigenvalue weighted by molar-refractivity contribution is 0.0891. The van der Waals surface area contributed by atoms with Crippen LogP contribution in [0.5, 0.6) is 11.5 Å². The highest BCUT2D eigenvalue weighted by Gasteiger charge is 2.46. The highest BCUT2D eigenvalue weighted by molar-refractivity contribution is 5.81. The number of aryl methyl sites for hydroxylation is 1. The molecule has 1 aromatic carbocycles. The van der Waals surface area contributed by atoms with Crippen LogP contribution in [0.1, 0.15) is 50.9 Å². The van der Waals surface area contributed by atoms with Gasteiger partial charge in [-0.3, -0.25) is 0 Å². The van der Waals surface area contributed by atoms with E-state index in [1.807, 2.05) is 18.2 Å². The minimum absolute atomic E-state index is 0.369. The fourth-order valence-corrected chi connectivity index (χ4v) is 5.97. The number of hydrogen-bond acceptors (Lipinski definition) is 6. The zero-order chi connectivity index (χ0) is 22.5. The highest BCUT2D eigenvalue weighted by atomic mass is 16.5. The van der Waals surface area contributed by atoms with Crippen LogP contribution in [-0.2, 0) is 13.0 Å². The van der Waals surface area contributed by atoms with Crippen LogP contribution in [0.25, 0.3) is 11.2 Å². The number of hydrogen-bond donors (Lipinski definition) is 1. The van der Waals surface area contributed by atoms with E-state index < -0.39 is 0 Å². The van der Waals surface area contributed by atoms with Crippen molar-refractivity contribution in [2.75, 3.05) is 20.0 Å². The molecule has 0 radical (unpaired) electrons. The van der Waals surface area contributed by atoms with Gasteiger partial charge in [0.2, 0.25) is 0 Å². The molecule has 0 saturated heterocycles. The Morgan fingerprint density at radius 3 is 2.72 bits per heavy atom. The molecule has 0 atom stereocenters. The molecule has 1 saturated carbocycles. The monoisotopic (exact) mass is 433 g/mol. The predicted octanol–water partition coefficient (Wildman–Crippen LogP) is 4.54. The van der Waals surface area contributed by atoms with E-state index in [0.717, 1.165) is 47.4 Å². The largest absolute Gasteiger partial charge is 0.497 e. The second-order valence-corrected chi connectivity index (χ2v) is 9.51. The van der Waals surface area contributed by atoms with Gasteiger partial charge in [-0.15, -0.1) is 0 Å². The van der Waals surface area contributed by atoms with Crippen LogP contribution in [0.15, 0.2) is 35.7 Å². The first-order valence-corrected chi connectivity index (χ1v) is 11.3. The molecule has 3 aliphatic rings. The fraction of sp³-hybridized carbons (Fsp3) is 0.480. The third-order valence-electron chi connectivity index (χ3n) is 7.38. The van der Waals surface area contributed by atoms with E-state index in [-0.39, 0.29) is 0 Å². The number of nitrogens with zero attached hydrogens (tertiary/aromatic N) is 4. The summed E-state index contributed by atoms with van der Waals surface area (Å²) >= 11 is 0. The maximum absolute atomic E-state index is 6.16. The van der Waals surface area contributed by atoms with Crippen molar-refractivity contribution in [2.24, 2.45) is 11.3 Å². The Hall–Kier alpha value is -3.09. The summed E-state index contributed by atoms with van der Waals surface area (Å²) in [7, 11) is 3.35. The summed E-state index contributed by atoms with van der Waals surface area (Å²) in [6.07, 6.45) is 7.02. The standard InChI is InChI=1S/C25H31N5O2/c1-15-9-16-12-25(2,13-16)19(15)7-8-30-21(29-22-23(26)27-14-28-24(22)30)11-17-10-18(31-3)5-6-20(17)32-4/h5-6,10,14,16H,7-9,11-13H2,1-4H3,(H2,26,27,28). The second-order valence-electron chi connectivity index (χ2n) is 9.51. The SMILES string of the molecule is COc1ccc(OC)c(Cc2nc3c(N)ncnc3n2CCC2=C(C)CC3CC2(C)C3)c1. The van der Waals surface area contributed by atoms with Crippen molar-refractivity contribution in [3.8, 4) is 11.5 Å². The van der Waals surface area contributed by atoms with Crippen molar-refractivity contribution in [2.45, 2.75) is 52.5 Å². The normalized spacial score (nSPS) is 22.2. The maximum atomic E-state index is 6.16. The number of anilines is 1. The molecule has 168 valence electrons. The Morgan fingerprint density at radius 1 is 1.19 bits per heavy atom. The van der Waals surface area contributed by atoms with Crippen molar-refractivity contribution in [3.63, 3.8) is 0 Å². The van der Waals surface area contributed by atoms with Crippen LogP contribution >= 0.6 is 0 Å². The number of rotatable bonds is 7. The maximum Gasteiger partial charge on any atom is 0.165 e. The van der Waals surface area contributed by atoms with Gasteiger partial charge in [-0.05, 0) is 62.1 Å². The van der Waals surface area contributed by atoms with Gasteiger partial charge in [-0.1, -0.05) is 18.1 Å². The van der Waals surface area contributed by atoms with Crippen LogP contribution in [0.4, 0.5) is 5.82 Å². The average molecular weight is 434 g/mol. The number of methoxy groups -OCH3 is 2. The highest BCUT2D eigenvalue weighted by Crippen LogP contribution is 2.58. The van der Waals surface area contributed by atoms with Gasteiger partial charge in [-0.25, -0.2) is 15.0 Å². The lowest BCUT2D eigenvalue weighted by Gasteiger charge is -2.53. The Morgan fingerprint density at radius 2 is 2.00 bits per heavy atom. The number of ether oxygens (including phenoxy) is 2. The molecule has 7 nitrogen and oxygen atoms in total. The summed E-state index contributed by atoms with van der Waals surface area (Å²) in [5.41, 5.74) is 12.2. The molecule has 0 amide bonds. The second kappa shape index (κ2) is 7.80. The topological polar surface area (TPSA) is 88.1 Å². The minimum Gasteiger partial charge on any atom is -0.497 e. The van der Waals surface area contributed by atoms with Gasteiger partial charge in [0.25, 0.3) is 0 Å². The molecule has 2 aromatic heterocycles. The smallest absolute Gasteiger partial charge is 0.165 e. The van der Waals surface area contributed by atoms with E-state index in [1.165, 1.54) is 25.6 Å². The number of aromatic nitrogens is 4. The van der Waals surface area contributed by atoms with Gasteiger partial charge in [0.05, 0.1) is 14.2 Å². The molecule has 0 aliphatic heterocycles. The van der Waals surface area contributed by atoms with Gasteiger partial charge in [-0.2, -0.15) is 0 Å². The van der Waals surface area contributed by atoms with E-state index in [9.17, 15) is 0 Å². The van der Waals surface area contributed by atoms with Crippen LogP contribution in [-0.4, -0.2) is 33.7 Å². The molecule has 3 aromatic rings. The Balaban J connectivity index is 1.53. The fourth-order valence-electron chi connectivity index (χ4n) is 5.97. The van der Waals surface area contributed by atoms with Crippen molar-refractivity contribution in [3.05, 3.63) is 47.1 Å². The summed E-state index contributed by atoms with van der Waals surface area (Å²) < 4.78 is 13.2. The minimum atomic E-state index is 0.369. The number of allylic oxidation sites excluding steroid dienone is 2. The Kier molecular flexibility index (Phi) is 5.07. The first-order valence-electron chi connectivity index (χ1n) is 11.3. The number of fused-ring (bicyclic) bond motifs is 2. The van der Waals surface area contributed by atoms with Crippen LogP contribution in [0.3, 0.4) is 0 Å². The van der Waals surface area contributed by atoms with Gasteiger partial charge in [0, 0.05) is 18.5 Å². The van der Waals surface area contributed by atoms with Crippen molar-refractivity contribution < 1.29 is 9.47 Å². The molecule has 2 N–H and O–H groups in total. The zero-order valence-electron chi connectivity index (χ0n) is 19.3. The summed E-state index contributed by atoms with van der Waals surface area (Å²) in [5, 5.41) is 0. The van der Waals surface area contributed by atoms with Crippen LogP contribution in [0.2, 0.25) is 0 Å². The Bertz CT molecular complexity index is 1210. The Labute approximate surface area is 188 Å². The molecule has 1 fully saturated rings. The summed E-state index contributed by atoms with van der Waals surface area (Å²) in [5.74, 6) is 3.81. The van der Waals surface area contributed by atoms with Crippen molar-refractivity contribution >= 4 is 17.0 Å². The summed E-state index contributed by atoms with van der Waals surface area (Å²) in [4.78, 5) is 13.6. The molecular weight excluding hydrogens is 402 g/mol. The van der Waals surface area contributed by atoms with E-state index in [0.29, 0.717) is 23.2 Å². The lowest BCUT2D eigenvalue weighted by Crippen LogP contribution is -2.41. The molecule has 0 unspecified atom stereocenters. The molecule has 0 spiro atoms. The quantitative estimate of drug-likeness (QED) is 0.550. The molecule has 32 heavy (non-hydrogen) atoms. The van der Waals surface area contributed by atoms with Gasteiger partial charge in [0.1, 0.15) is 23.7 Å². The molecule has 6 rings (SSSR count). The molecule has 7 heteroatoms. The van der Waals surface area contributed by atoms with E-state index >= 15 is 0 Å². The van der Waals surface area contributed by atoms with E-state index in [4.69, 9.17) is 20.2 Å². The number of benzene rings is 1. The van der Waals surface area contributed by atoms with E-state index in [2.05, 4.69) is 28.4 Å². The van der Waals surface area contributed by atoms with Crippen LogP contribution in [0, 0.1) is 11.3 Å². The lowest BCUT2D eigenvalue weighted by atomic mass is 9.52. The third kappa shape index (κ3) is 3.40. The first-order chi connectivity index (χ1) is 15.4. The van der Waals surface area contributed by atoms with Crippen molar-refractivity contribution in [1.82, 2.24) is 19.5 Å². The molecular formula is C25H31N5O2. The van der Waals surface area contributed by atoms with Gasteiger partial charge < -0.3 is 19.8 Å². The third-order valence-corrected chi connectivity index (χ3v) is 7.38. The van der Waals surface area contributed by atoms with Gasteiger partial charge >= 0.3 is 0 Å². The predicted molar refractivity (Wildman–Crippen MR) is 125 cm³/mol. The summed E-state index contributed by atoms with van der Waals surface area (Å²) in [6.45, 7) is 5.56.